The Morgan fingerprint density at radius 2 is 2.12 bits per heavy atom. The van der Waals surface area contributed by atoms with Gasteiger partial charge in [0.25, 0.3) is 0 Å². The van der Waals surface area contributed by atoms with Crippen LogP contribution in [0.5, 0.6) is 0 Å². The van der Waals surface area contributed by atoms with E-state index < -0.39 is 11.9 Å². The minimum absolute atomic E-state index is 0.173. The fourth-order valence-corrected chi connectivity index (χ4v) is 3.45. The van der Waals surface area contributed by atoms with Crippen molar-refractivity contribution in [2.45, 2.75) is 19.8 Å². The van der Waals surface area contributed by atoms with E-state index in [4.69, 9.17) is 0 Å². The number of hydrogen-bond donors (Lipinski definition) is 3. The molecule has 1 fully saturated rings. The summed E-state index contributed by atoms with van der Waals surface area (Å²) in [6.07, 6.45) is 3.34. The van der Waals surface area contributed by atoms with Gasteiger partial charge < -0.3 is 20.3 Å². The van der Waals surface area contributed by atoms with E-state index in [1.807, 2.05) is 31.3 Å². The molecule has 2 atom stereocenters. The molecule has 0 bridgehead atoms. The molecule has 0 saturated carbocycles. The molecule has 1 saturated heterocycles. The molecular formula is C18H23N3O3. The summed E-state index contributed by atoms with van der Waals surface area (Å²) in [7, 11) is 0. The maximum Gasteiger partial charge on any atom is 0.317 e. The van der Waals surface area contributed by atoms with Crippen molar-refractivity contribution in [3.63, 3.8) is 0 Å². The van der Waals surface area contributed by atoms with Crippen molar-refractivity contribution in [1.29, 1.82) is 0 Å². The highest BCUT2D eigenvalue weighted by Gasteiger charge is 2.31. The number of benzene rings is 1. The Balaban J connectivity index is 1.54. The number of rotatable bonds is 4. The van der Waals surface area contributed by atoms with E-state index in [0.717, 1.165) is 11.9 Å². The topological polar surface area (TPSA) is 85.4 Å². The van der Waals surface area contributed by atoms with Crippen molar-refractivity contribution in [1.82, 2.24) is 15.2 Å². The van der Waals surface area contributed by atoms with Crippen LogP contribution in [0, 0.1) is 11.8 Å². The van der Waals surface area contributed by atoms with Gasteiger partial charge in [-0.05, 0) is 30.4 Å². The first-order chi connectivity index (χ1) is 11.5. The zero-order valence-electron chi connectivity index (χ0n) is 13.8. The molecule has 1 aromatic carbocycles. The van der Waals surface area contributed by atoms with Gasteiger partial charge in [0.15, 0.2) is 0 Å². The molecule has 0 radical (unpaired) electrons. The molecule has 3 N–H and O–H groups in total. The van der Waals surface area contributed by atoms with Gasteiger partial charge in [-0.1, -0.05) is 25.1 Å². The number of aliphatic carboxylic acids is 1. The molecule has 1 aromatic heterocycles. The average Bonchev–Trinajstić information content (AvgIpc) is 2.97. The van der Waals surface area contributed by atoms with Crippen LogP contribution in [0.3, 0.4) is 0 Å². The van der Waals surface area contributed by atoms with Crippen molar-refractivity contribution in [3.8, 4) is 0 Å². The number of carboxylic acids is 1. The Bertz CT molecular complexity index is 740. The van der Waals surface area contributed by atoms with Gasteiger partial charge in [-0.3, -0.25) is 4.79 Å². The maximum atomic E-state index is 12.3. The fourth-order valence-electron chi connectivity index (χ4n) is 3.45. The van der Waals surface area contributed by atoms with Gasteiger partial charge in [0.05, 0.1) is 5.92 Å². The van der Waals surface area contributed by atoms with Crippen molar-refractivity contribution < 1.29 is 14.7 Å². The van der Waals surface area contributed by atoms with E-state index in [1.54, 1.807) is 4.90 Å². The minimum atomic E-state index is -0.821. The smallest absolute Gasteiger partial charge is 0.317 e. The zero-order chi connectivity index (χ0) is 17.1. The molecule has 3 rings (SSSR count). The molecule has 24 heavy (non-hydrogen) atoms. The summed E-state index contributed by atoms with van der Waals surface area (Å²) < 4.78 is 0. The summed E-state index contributed by atoms with van der Waals surface area (Å²) in [5.41, 5.74) is 2.26. The van der Waals surface area contributed by atoms with Crippen LogP contribution in [0.15, 0.2) is 30.5 Å². The lowest BCUT2D eigenvalue weighted by Gasteiger charge is -2.34. The second kappa shape index (κ2) is 6.95. The lowest BCUT2D eigenvalue weighted by Crippen LogP contribution is -2.49. The largest absolute Gasteiger partial charge is 0.481 e. The number of amides is 2. The molecular weight excluding hydrogens is 306 g/mol. The van der Waals surface area contributed by atoms with Crippen molar-refractivity contribution in [3.05, 3.63) is 36.0 Å². The van der Waals surface area contributed by atoms with E-state index in [9.17, 15) is 14.7 Å². The van der Waals surface area contributed by atoms with E-state index in [2.05, 4.69) is 16.4 Å². The average molecular weight is 329 g/mol. The lowest BCUT2D eigenvalue weighted by atomic mass is 9.91. The number of para-hydroxylation sites is 1. The molecule has 0 spiro atoms. The number of urea groups is 1. The van der Waals surface area contributed by atoms with Crippen LogP contribution in [0.2, 0.25) is 0 Å². The normalized spacial score (nSPS) is 21.0. The highest BCUT2D eigenvalue weighted by Crippen LogP contribution is 2.22. The molecule has 128 valence electrons. The van der Waals surface area contributed by atoms with Gasteiger partial charge in [-0.15, -0.1) is 0 Å². The summed E-state index contributed by atoms with van der Waals surface area (Å²) in [6, 6.07) is 7.90. The third kappa shape index (κ3) is 3.53. The Morgan fingerprint density at radius 1 is 1.33 bits per heavy atom. The zero-order valence-corrected chi connectivity index (χ0v) is 13.8. The van der Waals surface area contributed by atoms with Gasteiger partial charge in [-0.25, -0.2) is 4.79 Å². The van der Waals surface area contributed by atoms with E-state index in [0.29, 0.717) is 26.1 Å². The number of piperidine rings is 1. The number of aromatic nitrogens is 1. The standard InChI is InChI=1S/C18H23N3O3/c1-12-8-14(17(22)23)11-21(10-12)18(24)19-7-6-13-9-20-16-5-3-2-4-15(13)16/h2-5,9,12,14,20H,6-8,10-11H2,1H3,(H,19,24)(H,22,23). The van der Waals surface area contributed by atoms with Crippen LogP contribution in [0.25, 0.3) is 10.9 Å². The molecule has 0 aliphatic carbocycles. The van der Waals surface area contributed by atoms with E-state index in [-0.39, 0.29) is 11.9 Å². The quantitative estimate of drug-likeness (QED) is 0.805. The molecule has 6 heteroatoms. The SMILES string of the molecule is CC1CC(C(=O)O)CN(C(=O)NCCc2c[nH]c3ccccc23)C1. The molecule has 2 amide bonds. The molecule has 2 aromatic rings. The number of carbonyl (C=O) groups excluding carboxylic acids is 1. The maximum absolute atomic E-state index is 12.3. The van der Waals surface area contributed by atoms with Gasteiger partial charge in [0, 0.05) is 36.7 Å². The first-order valence-corrected chi connectivity index (χ1v) is 8.35. The predicted molar refractivity (Wildman–Crippen MR) is 91.9 cm³/mol. The van der Waals surface area contributed by atoms with Crippen LogP contribution in [0.4, 0.5) is 4.79 Å². The van der Waals surface area contributed by atoms with Crippen molar-refractivity contribution >= 4 is 22.9 Å². The van der Waals surface area contributed by atoms with Gasteiger partial charge >= 0.3 is 12.0 Å². The summed E-state index contributed by atoms with van der Waals surface area (Å²) >= 11 is 0. The highest BCUT2D eigenvalue weighted by atomic mass is 16.4. The predicted octanol–water partition coefficient (Wildman–Crippen LogP) is 2.46. The number of nitrogens with zero attached hydrogens (tertiary/aromatic N) is 1. The summed E-state index contributed by atoms with van der Waals surface area (Å²) in [4.78, 5) is 28.4. The Morgan fingerprint density at radius 3 is 2.92 bits per heavy atom. The second-order valence-corrected chi connectivity index (χ2v) is 6.62. The third-order valence-electron chi connectivity index (χ3n) is 4.64. The van der Waals surface area contributed by atoms with Gasteiger partial charge in [0.2, 0.25) is 0 Å². The highest BCUT2D eigenvalue weighted by molar-refractivity contribution is 5.83. The van der Waals surface area contributed by atoms with Crippen LogP contribution >= 0.6 is 0 Å². The second-order valence-electron chi connectivity index (χ2n) is 6.62. The Kier molecular flexibility index (Phi) is 4.74. The monoisotopic (exact) mass is 329 g/mol. The number of hydrogen-bond acceptors (Lipinski definition) is 2. The summed E-state index contributed by atoms with van der Waals surface area (Å²) in [5, 5.41) is 13.3. The number of nitrogens with one attached hydrogen (secondary N) is 2. The first-order valence-electron chi connectivity index (χ1n) is 8.35. The fraction of sp³-hybridized carbons (Fsp3) is 0.444. The number of likely N-dealkylation sites (tertiary alicyclic amines) is 1. The molecule has 2 heterocycles. The van der Waals surface area contributed by atoms with Gasteiger partial charge in [-0.2, -0.15) is 0 Å². The van der Waals surface area contributed by atoms with Gasteiger partial charge in [0.1, 0.15) is 0 Å². The number of carbonyl (C=O) groups is 2. The van der Waals surface area contributed by atoms with Crippen LogP contribution < -0.4 is 5.32 Å². The molecule has 6 nitrogen and oxygen atoms in total. The van der Waals surface area contributed by atoms with Crippen molar-refractivity contribution in [2.75, 3.05) is 19.6 Å². The number of H-pyrrole nitrogens is 1. The van der Waals surface area contributed by atoms with Crippen LogP contribution in [-0.2, 0) is 11.2 Å². The minimum Gasteiger partial charge on any atom is -0.481 e. The Hall–Kier alpha value is -2.50. The first kappa shape index (κ1) is 16.4. The molecule has 1 aliphatic heterocycles. The number of aromatic amines is 1. The number of fused-ring (bicyclic) bond motifs is 1. The number of carboxylic acid groups (broad SMARTS) is 1. The molecule has 2 unspecified atom stereocenters. The van der Waals surface area contributed by atoms with Crippen LogP contribution in [-0.4, -0.2) is 46.6 Å². The molecule has 1 aliphatic rings. The summed E-state index contributed by atoms with van der Waals surface area (Å²) in [5.74, 6) is -1.08. The third-order valence-corrected chi connectivity index (χ3v) is 4.64. The lowest BCUT2D eigenvalue weighted by molar-refractivity contribution is -0.143. The van der Waals surface area contributed by atoms with Crippen LogP contribution in [0.1, 0.15) is 18.9 Å². The van der Waals surface area contributed by atoms with Crippen molar-refractivity contribution in [2.24, 2.45) is 11.8 Å². The Labute approximate surface area is 140 Å². The summed E-state index contributed by atoms with van der Waals surface area (Å²) in [6.45, 7) is 3.42. The van der Waals surface area contributed by atoms with E-state index >= 15 is 0 Å². The van der Waals surface area contributed by atoms with E-state index in [1.165, 1.54) is 10.9 Å².